The SMILES string of the molecule is Cc1cccc2nc(CNC(=O)c3cccc([N+](=O)[O-])c3)cn12. The van der Waals surface area contributed by atoms with Crippen LogP contribution < -0.4 is 5.32 Å². The number of nitrogens with zero attached hydrogens (tertiary/aromatic N) is 3. The summed E-state index contributed by atoms with van der Waals surface area (Å²) in [4.78, 5) is 26.8. The minimum absolute atomic E-state index is 0.110. The normalized spacial score (nSPS) is 10.7. The zero-order valence-electron chi connectivity index (χ0n) is 12.4. The summed E-state index contributed by atoms with van der Waals surface area (Å²) in [5.74, 6) is -0.373. The molecule has 1 N–H and O–H groups in total. The Labute approximate surface area is 131 Å². The van der Waals surface area contributed by atoms with Gasteiger partial charge in [-0.25, -0.2) is 4.98 Å². The number of nitro benzene ring substituents is 1. The molecule has 0 spiro atoms. The van der Waals surface area contributed by atoms with Gasteiger partial charge in [-0.1, -0.05) is 12.1 Å². The summed E-state index contributed by atoms with van der Waals surface area (Å²) in [5, 5.41) is 13.5. The number of amides is 1. The van der Waals surface area contributed by atoms with Crippen molar-refractivity contribution < 1.29 is 9.72 Å². The van der Waals surface area contributed by atoms with Gasteiger partial charge >= 0.3 is 0 Å². The first-order valence-electron chi connectivity index (χ1n) is 7.01. The van der Waals surface area contributed by atoms with Gasteiger partial charge in [0.05, 0.1) is 17.2 Å². The maximum atomic E-state index is 12.1. The maximum absolute atomic E-state index is 12.1. The topological polar surface area (TPSA) is 89.5 Å². The van der Waals surface area contributed by atoms with Gasteiger partial charge in [-0.15, -0.1) is 0 Å². The molecule has 7 heteroatoms. The molecular formula is C16H14N4O3. The van der Waals surface area contributed by atoms with Crippen LogP contribution in [0.1, 0.15) is 21.7 Å². The van der Waals surface area contributed by atoms with E-state index in [1.165, 1.54) is 24.3 Å². The van der Waals surface area contributed by atoms with E-state index < -0.39 is 4.92 Å². The fourth-order valence-electron chi connectivity index (χ4n) is 2.32. The van der Waals surface area contributed by atoms with Gasteiger partial charge in [0.15, 0.2) is 0 Å². The van der Waals surface area contributed by atoms with Gasteiger partial charge < -0.3 is 9.72 Å². The van der Waals surface area contributed by atoms with E-state index in [-0.39, 0.29) is 23.7 Å². The number of pyridine rings is 1. The highest BCUT2D eigenvalue weighted by molar-refractivity contribution is 5.94. The summed E-state index contributed by atoms with van der Waals surface area (Å²) in [5.41, 5.74) is 2.72. The number of rotatable bonds is 4. The lowest BCUT2D eigenvalue weighted by Crippen LogP contribution is -2.23. The van der Waals surface area contributed by atoms with Crippen LogP contribution in [0.3, 0.4) is 0 Å². The first kappa shape index (κ1) is 14.7. The van der Waals surface area contributed by atoms with Crippen molar-refractivity contribution in [2.45, 2.75) is 13.5 Å². The van der Waals surface area contributed by atoms with Gasteiger partial charge in [0.1, 0.15) is 5.65 Å². The van der Waals surface area contributed by atoms with Crippen molar-refractivity contribution in [3.8, 4) is 0 Å². The lowest BCUT2D eigenvalue weighted by molar-refractivity contribution is -0.384. The molecule has 1 aromatic carbocycles. The Hall–Kier alpha value is -3.22. The molecule has 23 heavy (non-hydrogen) atoms. The number of non-ortho nitro benzene ring substituents is 1. The van der Waals surface area contributed by atoms with Gasteiger partial charge in [0.2, 0.25) is 0 Å². The number of imidazole rings is 1. The first-order chi connectivity index (χ1) is 11.0. The van der Waals surface area contributed by atoms with Crippen molar-refractivity contribution >= 4 is 17.2 Å². The zero-order chi connectivity index (χ0) is 16.4. The van der Waals surface area contributed by atoms with Crippen LogP contribution >= 0.6 is 0 Å². The number of carbonyl (C=O) groups excluding carboxylic acids is 1. The van der Waals surface area contributed by atoms with E-state index >= 15 is 0 Å². The van der Waals surface area contributed by atoms with Crippen LogP contribution in [-0.2, 0) is 6.54 Å². The van der Waals surface area contributed by atoms with E-state index in [1.54, 1.807) is 0 Å². The highest BCUT2D eigenvalue weighted by atomic mass is 16.6. The molecule has 0 aliphatic rings. The molecule has 0 unspecified atom stereocenters. The van der Waals surface area contributed by atoms with E-state index in [1.807, 2.05) is 35.7 Å². The van der Waals surface area contributed by atoms with Crippen molar-refractivity contribution in [2.24, 2.45) is 0 Å². The van der Waals surface area contributed by atoms with Crippen molar-refractivity contribution in [3.63, 3.8) is 0 Å². The molecule has 0 saturated heterocycles. The van der Waals surface area contributed by atoms with E-state index in [2.05, 4.69) is 10.3 Å². The molecule has 3 rings (SSSR count). The molecule has 1 amide bonds. The molecule has 0 radical (unpaired) electrons. The lowest BCUT2D eigenvalue weighted by atomic mass is 10.2. The largest absolute Gasteiger partial charge is 0.346 e. The van der Waals surface area contributed by atoms with Crippen LogP contribution in [0, 0.1) is 17.0 Å². The molecule has 3 aromatic rings. The van der Waals surface area contributed by atoms with Crippen LogP contribution in [0.25, 0.3) is 5.65 Å². The van der Waals surface area contributed by atoms with Crippen LogP contribution in [0.2, 0.25) is 0 Å². The number of carbonyl (C=O) groups is 1. The number of hydrogen-bond acceptors (Lipinski definition) is 4. The number of nitrogens with one attached hydrogen (secondary N) is 1. The average Bonchev–Trinajstić information content (AvgIpc) is 2.97. The van der Waals surface area contributed by atoms with Crippen LogP contribution in [0.5, 0.6) is 0 Å². The number of aromatic nitrogens is 2. The summed E-state index contributed by atoms with van der Waals surface area (Å²) >= 11 is 0. The van der Waals surface area contributed by atoms with E-state index in [4.69, 9.17) is 0 Å². The van der Waals surface area contributed by atoms with Gasteiger partial charge in [0.25, 0.3) is 11.6 Å². The van der Waals surface area contributed by atoms with E-state index in [9.17, 15) is 14.9 Å². The smallest absolute Gasteiger partial charge is 0.270 e. The minimum Gasteiger partial charge on any atom is -0.346 e. The average molecular weight is 310 g/mol. The zero-order valence-corrected chi connectivity index (χ0v) is 12.4. The van der Waals surface area contributed by atoms with E-state index in [0.29, 0.717) is 0 Å². The fraction of sp³-hybridized carbons (Fsp3) is 0.125. The molecule has 0 aliphatic carbocycles. The molecule has 0 atom stereocenters. The number of benzene rings is 1. The highest BCUT2D eigenvalue weighted by Gasteiger charge is 2.12. The third-order valence-corrected chi connectivity index (χ3v) is 3.50. The van der Waals surface area contributed by atoms with Gasteiger partial charge in [-0.05, 0) is 25.1 Å². The number of nitro groups is 1. The second-order valence-corrected chi connectivity index (χ2v) is 5.12. The van der Waals surface area contributed by atoms with Gasteiger partial charge in [0, 0.05) is 29.6 Å². The maximum Gasteiger partial charge on any atom is 0.270 e. The van der Waals surface area contributed by atoms with Crippen molar-refractivity contribution in [3.05, 3.63) is 75.7 Å². The van der Waals surface area contributed by atoms with Crippen LogP contribution in [-0.4, -0.2) is 20.2 Å². The quantitative estimate of drug-likeness (QED) is 0.592. The first-order valence-corrected chi connectivity index (χ1v) is 7.01. The predicted molar refractivity (Wildman–Crippen MR) is 84.2 cm³/mol. The van der Waals surface area contributed by atoms with Crippen molar-refractivity contribution in [1.82, 2.24) is 14.7 Å². The Morgan fingerprint density at radius 1 is 1.30 bits per heavy atom. The van der Waals surface area contributed by atoms with Crippen molar-refractivity contribution in [2.75, 3.05) is 0 Å². The summed E-state index contributed by atoms with van der Waals surface area (Å²) < 4.78 is 1.94. The lowest BCUT2D eigenvalue weighted by Gasteiger charge is -2.03. The highest BCUT2D eigenvalue weighted by Crippen LogP contribution is 2.13. The van der Waals surface area contributed by atoms with Gasteiger partial charge in [-0.3, -0.25) is 14.9 Å². The molecule has 0 aliphatic heterocycles. The number of aryl methyl sites for hydroxylation is 1. The Kier molecular flexibility index (Phi) is 3.76. The summed E-state index contributed by atoms with van der Waals surface area (Å²) in [6.07, 6.45) is 1.86. The van der Waals surface area contributed by atoms with Gasteiger partial charge in [-0.2, -0.15) is 0 Å². The second-order valence-electron chi connectivity index (χ2n) is 5.12. The molecule has 116 valence electrons. The molecule has 7 nitrogen and oxygen atoms in total. The summed E-state index contributed by atoms with van der Waals surface area (Å²) in [6, 6.07) is 11.4. The molecular weight excluding hydrogens is 296 g/mol. The van der Waals surface area contributed by atoms with Crippen LogP contribution in [0.15, 0.2) is 48.7 Å². The third-order valence-electron chi connectivity index (χ3n) is 3.50. The van der Waals surface area contributed by atoms with Crippen LogP contribution in [0.4, 0.5) is 5.69 Å². The molecule has 0 bridgehead atoms. The second kappa shape index (κ2) is 5.88. The Morgan fingerprint density at radius 3 is 2.83 bits per heavy atom. The third kappa shape index (κ3) is 3.03. The fourth-order valence-corrected chi connectivity index (χ4v) is 2.32. The Morgan fingerprint density at radius 2 is 2.09 bits per heavy atom. The summed E-state index contributed by atoms with van der Waals surface area (Å²) in [7, 11) is 0. The molecule has 0 fully saturated rings. The monoisotopic (exact) mass is 310 g/mol. The standard InChI is InChI=1S/C16H14N4O3/c1-11-4-2-7-15-18-13(10-19(11)15)9-17-16(21)12-5-3-6-14(8-12)20(22)23/h2-8,10H,9H2,1H3,(H,17,21). The number of hydrogen-bond donors (Lipinski definition) is 1. The molecule has 2 heterocycles. The minimum atomic E-state index is -0.526. The predicted octanol–water partition coefficient (Wildman–Crippen LogP) is 2.48. The van der Waals surface area contributed by atoms with E-state index in [0.717, 1.165) is 17.0 Å². The Balaban J connectivity index is 1.74. The molecule has 2 aromatic heterocycles. The molecule has 0 saturated carbocycles. The van der Waals surface area contributed by atoms with Crippen molar-refractivity contribution in [1.29, 1.82) is 0 Å². The Bertz CT molecular complexity index is 901. The number of fused-ring (bicyclic) bond motifs is 1. The summed E-state index contributed by atoms with van der Waals surface area (Å²) in [6.45, 7) is 2.22.